The summed E-state index contributed by atoms with van der Waals surface area (Å²) in [6.45, 7) is 2.15. The van der Waals surface area contributed by atoms with Crippen LogP contribution in [0.25, 0.3) is 11.0 Å². The van der Waals surface area contributed by atoms with Gasteiger partial charge in [-0.05, 0) is 30.2 Å². The molecule has 4 rings (SSSR count). The smallest absolute Gasteiger partial charge is 0.227 e. The molecule has 0 aliphatic carbocycles. The van der Waals surface area contributed by atoms with E-state index in [0.29, 0.717) is 19.0 Å². The zero-order chi connectivity index (χ0) is 16.5. The van der Waals surface area contributed by atoms with Crippen LogP contribution in [0.3, 0.4) is 0 Å². The monoisotopic (exact) mass is 342 g/mol. The van der Waals surface area contributed by atoms with Gasteiger partial charge >= 0.3 is 0 Å². The Morgan fingerprint density at radius 3 is 3.00 bits per heavy atom. The number of benzene rings is 1. The van der Waals surface area contributed by atoms with Crippen LogP contribution >= 0.6 is 11.7 Å². The molecule has 3 aromatic rings. The van der Waals surface area contributed by atoms with Crippen molar-refractivity contribution in [2.24, 2.45) is 0 Å². The average Bonchev–Trinajstić information content (AvgIpc) is 3.23. The summed E-state index contributed by atoms with van der Waals surface area (Å²) in [5.74, 6) is 1.54. The molecule has 0 amide bonds. The van der Waals surface area contributed by atoms with Gasteiger partial charge in [0.05, 0.1) is 17.8 Å². The molecule has 8 heteroatoms. The van der Waals surface area contributed by atoms with E-state index in [1.54, 1.807) is 6.20 Å². The lowest BCUT2D eigenvalue weighted by atomic mass is 10.2. The highest BCUT2D eigenvalue weighted by molar-refractivity contribution is 7.00. The molecule has 1 aliphatic heterocycles. The van der Waals surface area contributed by atoms with Crippen molar-refractivity contribution in [2.45, 2.75) is 19.1 Å². The number of hydrogen-bond donors (Lipinski definition) is 1. The molecular weight excluding hydrogens is 324 g/mol. The zero-order valence-electron chi connectivity index (χ0n) is 13.3. The maximum atomic E-state index is 9.70. The summed E-state index contributed by atoms with van der Waals surface area (Å²) in [5.41, 5.74) is 2.99. The van der Waals surface area contributed by atoms with Gasteiger partial charge in [-0.15, -0.1) is 0 Å². The van der Waals surface area contributed by atoms with E-state index in [4.69, 9.17) is 0 Å². The summed E-state index contributed by atoms with van der Waals surface area (Å²) in [5, 5.41) is 9.70. The highest BCUT2D eigenvalue weighted by atomic mass is 32.1. The van der Waals surface area contributed by atoms with E-state index in [0.717, 1.165) is 35.4 Å². The van der Waals surface area contributed by atoms with Crippen molar-refractivity contribution in [1.29, 1.82) is 0 Å². The summed E-state index contributed by atoms with van der Waals surface area (Å²) in [4.78, 5) is 13.1. The van der Waals surface area contributed by atoms with Gasteiger partial charge in [-0.1, -0.05) is 6.07 Å². The van der Waals surface area contributed by atoms with E-state index in [-0.39, 0.29) is 6.10 Å². The van der Waals surface area contributed by atoms with Gasteiger partial charge in [0.15, 0.2) is 0 Å². The van der Waals surface area contributed by atoms with E-state index in [1.165, 1.54) is 11.7 Å². The molecule has 0 radical (unpaired) electrons. The van der Waals surface area contributed by atoms with E-state index in [9.17, 15) is 5.11 Å². The van der Waals surface area contributed by atoms with Crippen LogP contribution in [0.2, 0.25) is 0 Å². The number of fused-ring (bicyclic) bond motifs is 1. The van der Waals surface area contributed by atoms with Crippen LogP contribution in [0, 0.1) is 0 Å². The second-order valence-electron chi connectivity index (χ2n) is 6.05. The Morgan fingerprint density at radius 1 is 1.29 bits per heavy atom. The highest BCUT2D eigenvalue weighted by Gasteiger charge is 2.22. The molecule has 3 heterocycles. The van der Waals surface area contributed by atoms with Gasteiger partial charge in [0.25, 0.3) is 0 Å². The molecule has 1 atom stereocenters. The van der Waals surface area contributed by atoms with Crippen molar-refractivity contribution in [3.05, 3.63) is 36.0 Å². The largest absolute Gasteiger partial charge is 0.391 e. The quantitative estimate of drug-likeness (QED) is 0.773. The fourth-order valence-electron chi connectivity index (χ4n) is 2.92. The Morgan fingerprint density at radius 2 is 2.17 bits per heavy atom. The molecule has 1 aromatic carbocycles. The lowest BCUT2D eigenvalue weighted by molar-refractivity contribution is 0.198. The van der Waals surface area contributed by atoms with Crippen LogP contribution in [0.4, 0.5) is 11.8 Å². The number of anilines is 2. The summed E-state index contributed by atoms with van der Waals surface area (Å²) in [6, 6.07) is 7.99. The minimum atomic E-state index is -0.264. The standard InChI is InChI=1S/C16H18N6OS/c1-21(9-11-2-3-13-14(8-11)20-24-19-13)16-17-6-4-15(18-16)22-7-5-12(23)10-22/h2-4,6,8,12,23H,5,7,9-10H2,1H3. The second kappa shape index (κ2) is 6.29. The predicted molar refractivity (Wildman–Crippen MR) is 94.4 cm³/mol. The van der Waals surface area contributed by atoms with Crippen molar-refractivity contribution in [3.63, 3.8) is 0 Å². The Labute approximate surface area is 143 Å². The van der Waals surface area contributed by atoms with Crippen LogP contribution in [0.1, 0.15) is 12.0 Å². The third-order valence-corrected chi connectivity index (χ3v) is 4.75. The van der Waals surface area contributed by atoms with Crippen molar-refractivity contribution in [1.82, 2.24) is 18.7 Å². The Balaban J connectivity index is 1.52. The number of nitrogens with zero attached hydrogens (tertiary/aromatic N) is 6. The lowest BCUT2D eigenvalue weighted by Gasteiger charge is -2.21. The molecule has 24 heavy (non-hydrogen) atoms. The van der Waals surface area contributed by atoms with Crippen molar-refractivity contribution in [3.8, 4) is 0 Å². The third kappa shape index (κ3) is 3.02. The van der Waals surface area contributed by atoms with Gasteiger partial charge in [0.1, 0.15) is 16.9 Å². The molecule has 1 aliphatic rings. The number of aliphatic hydroxyl groups is 1. The van der Waals surface area contributed by atoms with E-state index >= 15 is 0 Å². The van der Waals surface area contributed by atoms with Gasteiger partial charge in [-0.2, -0.15) is 13.7 Å². The molecule has 1 unspecified atom stereocenters. The maximum absolute atomic E-state index is 9.70. The number of aromatic nitrogens is 4. The van der Waals surface area contributed by atoms with Crippen LogP contribution < -0.4 is 9.80 Å². The van der Waals surface area contributed by atoms with E-state index in [1.807, 2.05) is 24.1 Å². The molecule has 0 bridgehead atoms. The van der Waals surface area contributed by atoms with Gasteiger partial charge in [0, 0.05) is 32.9 Å². The normalized spacial score (nSPS) is 17.6. The first-order valence-electron chi connectivity index (χ1n) is 7.87. The number of β-amino-alcohol motifs (C(OH)–C–C–N with tert-alkyl or cyclic N) is 1. The minimum absolute atomic E-state index is 0.264. The molecule has 1 N–H and O–H groups in total. The average molecular weight is 342 g/mol. The Kier molecular flexibility index (Phi) is 3.99. The number of hydrogen-bond acceptors (Lipinski definition) is 8. The first-order chi connectivity index (χ1) is 11.7. The van der Waals surface area contributed by atoms with Gasteiger partial charge < -0.3 is 14.9 Å². The predicted octanol–water partition coefficient (Wildman–Crippen LogP) is 1.69. The lowest BCUT2D eigenvalue weighted by Crippen LogP contribution is -2.24. The molecule has 124 valence electrons. The van der Waals surface area contributed by atoms with Crippen molar-refractivity contribution >= 4 is 34.5 Å². The summed E-state index contributed by atoms with van der Waals surface area (Å²) in [7, 11) is 1.97. The Bertz CT molecular complexity index is 853. The maximum Gasteiger partial charge on any atom is 0.227 e. The van der Waals surface area contributed by atoms with Crippen molar-refractivity contribution < 1.29 is 5.11 Å². The molecule has 1 saturated heterocycles. The SMILES string of the molecule is CN(Cc1ccc2nsnc2c1)c1nccc(N2CCC(O)C2)n1. The highest BCUT2D eigenvalue weighted by Crippen LogP contribution is 2.21. The molecule has 2 aromatic heterocycles. The molecular formula is C16H18N6OS. The molecule has 1 fully saturated rings. The first-order valence-corrected chi connectivity index (χ1v) is 8.60. The molecule has 0 spiro atoms. The van der Waals surface area contributed by atoms with Gasteiger partial charge in [0.2, 0.25) is 5.95 Å². The van der Waals surface area contributed by atoms with Crippen molar-refractivity contribution in [2.75, 3.05) is 29.9 Å². The summed E-state index contributed by atoms with van der Waals surface area (Å²) < 4.78 is 8.51. The summed E-state index contributed by atoms with van der Waals surface area (Å²) >= 11 is 1.23. The number of aliphatic hydroxyl groups excluding tert-OH is 1. The van der Waals surface area contributed by atoms with Gasteiger partial charge in [-0.3, -0.25) is 0 Å². The van der Waals surface area contributed by atoms with Crippen LogP contribution in [-0.4, -0.2) is 50.1 Å². The zero-order valence-corrected chi connectivity index (χ0v) is 14.1. The molecule has 7 nitrogen and oxygen atoms in total. The summed E-state index contributed by atoms with van der Waals surface area (Å²) in [6.07, 6.45) is 2.29. The third-order valence-electron chi connectivity index (χ3n) is 4.19. The molecule has 0 saturated carbocycles. The number of rotatable bonds is 4. The second-order valence-corrected chi connectivity index (χ2v) is 6.58. The van der Waals surface area contributed by atoms with E-state index in [2.05, 4.69) is 35.7 Å². The fraction of sp³-hybridized carbons (Fsp3) is 0.375. The topological polar surface area (TPSA) is 78.3 Å². The fourth-order valence-corrected chi connectivity index (χ4v) is 3.44. The Hall–Kier alpha value is -2.32. The van der Waals surface area contributed by atoms with Gasteiger partial charge in [-0.25, -0.2) is 4.98 Å². The van der Waals surface area contributed by atoms with E-state index < -0.39 is 0 Å². The first kappa shape index (κ1) is 15.2. The van der Waals surface area contributed by atoms with Crippen LogP contribution in [0.5, 0.6) is 0 Å². The van der Waals surface area contributed by atoms with Crippen LogP contribution in [-0.2, 0) is 6.54 Å². The minimum Gasteiger partial charge on any atom is -0.391 e. The van der Waals surface area contributed by atoms with Crippen LogP contribution in [0.15, 0.2) is 30.5 Å².